The zero-order valence-electron chi connectivity index (χ0n) is 12.2. The summed E-state index contributed by atoms with van der Waals surface area (Å²) in [6.45, 7) is 0.934. The number of nitrogens with two attached hydrogens (primary N) is 1. The Balaban J connectivity index is 0.00000441. The molecule has 22 heavy (non-hydrogen) atoms. The molecule has 0 aliphatic rings. The predicted molar refractivity (Wildman–Crippen MR) is 80.1 cm³/mol. The summed E-state index contributed by atoms with van der Waals surface area (Å²) >= 11 is 0. The minimum absolute atomic E-state index is 0. The molecule has 1 amide bonds. The number of benzene rings is 1. The summed E-state index contributed by atoms with van der Waals surface area (Å²) in [6.07, 6.45) is -3.54. The van der Waals surface area contributed by atoms with Crippen LogP contribution < -0.4 is 15.8 Å². The number of aryl methyl sites for hydroxylation is 1. The number of ether oxygens (including phenoxy) is 1. The summed E-state index contributed by atoms with van der Waals surface area (Å²) in [7, 11) is 0. The van der Waals surface area contributed by atoms with E-state index in [1.165, 1.54) is 6.07 Å². The molecule has 126 valence electrons. The molecule has 0 bridgehead atoms. The molecule has 0 unspecified atom stereocenters. The molecule has 0 aliphatic heterocycles. The second kappa shape index (κ2) is 9.53. The highest BCUT2D eigenvalue weighted by molar-refractivity contribution is 5.85. The predicted octanol–water partition coefficient (Wildman–Crippen LogP) is 2.71. The van der Waals surface area contributed by atoms with E-state index < -0.39 is 12.8 Å². The van der Waals surface area contributed by atoms with Gasteiger partial charge in [-0.05, 0) is 31.5 Å². The normalized spacial score (nSPS) is 10.8. The molecule has 1 rings (SSSR count). The van der Waals surface area contributed by atoms with Gasteiger partial charge in [-0.3, -0.25) is 4.79 Å². The van der Waals surface area contributed by atoms with Gasteiger partial charge in [-0.15, -0.1) is 12.4 Å². The number of halogens is 4. The van der Waals surface area contributed by atoms with Crippen molar-refractivity contribution < 1.29 is 22.7 Å². The van der Waals surface area contributed by atoms with Crippen molar-refractivity contribution in [1.29, 1.82) is 0 Å². The van der Waals surface area contributed by atoms with Crippen molar-refractivity contribution in [2.24, 2.45) is 5.73 Å². The number of carbonyl (C=O) groups excluding carboxylic acids is 1. The van der Waals surface area contributed by atoms with E-state index in [4.69, 9.17) is 10.5 Å². The molecule has 0 aliphatic carbocycles. The average molecular weight is 341 g/mol. The zero-order chi connectivity index (χ0) is 15.9. The Bertz CT molecular complexity index is 482. The molecule has 0 saturated heterocycles. The summed E-state index contributed by atoms with van der Waals surface area (Å²) in [4.78, 5) is 11.5. The number of rotatable bonds is 7. The first-order valence-corrected chi connectivity index (χ1v) is 6.57. The fourth-order valence-electron chi connectivity index (χ4n) is 1.65. The summed E-state index contributed by atoms with van der Waals surface area (Å²) in [5.41, 5.74) is 6.59. The van der Waals surface area contributed by atoms with Crippen LogP contribution in [0.2, 0.25) is 0 Å². The minimum atomic E-state index is -4.40. The highest BCUT2D eigenvalue weighted by Crippen LogP contribution is 2.23. The van der Waals surface area contributed by atoms with Crippen molar-refractivity contribution >= 4 is 18.3 Å². The van der Waals surface area contributed by atoms with Gasteiger partial charge in [-0.2, -0.15) is 13.2 Å². The molecule has 1 aromatic rings. The molecule has 0 aromatic heterocycles. The van der Waals surface area contributed by atoms with E-state index in [1.807, 2.05) is 0 Å². The molecule has 0 radical (unpaired) electrons. The Hall–Kier alpha value is -1.47. The van der Waals surface area contributed by atoms with Gasteiger partial charge < -0.3 is 15.8 Å². The third-order valence-electron chi connectivity index (χ3n) is 2.70. The van der Waals surface area contributed by atoms with Gasteiger partial charge in [0, 0.05) is 18.5 Å². The van der Waals surface area contributed by atoms with Crippen LogP contribution in [0.1, 0.15) is 24.0 Å². The third-order valence-corrected chi connectivity index (χ3v) is 2.70. The second-order valence-electron chi connectivity index (χ2n) is 4.68. The number of hydrogen-bond acceptors (Lipinski definition) is 3. The molecular formula is C14H20ClF3N2O2. The molecule has 3 N–H and O–H groups in total. The Morgan fingerprint density at radius 1 is 1.36 bits per heavy atom. The van der Waals surface area contributed by atoms with Crippen molar-refractivity contribution in [3.63, 3.8) is 0 Å². The number of carbonyl (C=O) groups is 1. The van der Waals surface area contributed by atoms with Crippen LogP contribution in [-0.2, 0) is 11.3 Å². The van der Waals surface area contributed by atoms with Gasteiger partial charge >= 0.3 is 6.18 Å². The van der Waals surface area contributed by atoms with Crippen molar-refractivity contribution in [2.45, 2.75) is 32.5 Å². The van der Waals surface area contributed by atoms with Gasteiger partial charge in [0.1, 0.15) is 5.75 Å². The zero-order valence-corrected chi connectivity index (χ0v) is 13.0. The van der Waals surface area contributed by atoms with Crippen LogP contribution in [0.3, 0.4) is 0 Å². The van der Waals surface area contributed by atoms with E-state index >= 15 is 0 Å². The average Bonchev–Trinajstić information content (AvgIpc) is 2.41. The topological polar surface area (TPSA) is 64.4 Å². The lowest BCUT2D eigenvalue weighted by Crippen LogP contribution is -2.24. The molecule has 0 atom stereocenters. The number of hydrogen-bond donors (Lipinski definition) is 2. The molecule has 0 fully saturated rings. The van der Waals surface area contributed by atoms with Crippen molar-refractivity contribution in [3.8, 4) is 5.75 Å². The molecule has 0 saturated carbocycles. The Morgan fingerprint density at radius 3 is 2.64 bits per heavy atom. The van der Waals surface area contributed by atoms with Crippen LogP contribution in [0.4, 0.5) is 13.2 Å². The quantitative estimate of drug-likeness (QED) is 0.802. The maximum absolute atomic E-state index is 12.2. The third kappa shape index (κ3) is 8.09. The summed E-state index contributed by atoms with van der Waals surface area (Å²) in [5, 5.41) is 2.64. The van der Waals surface area contributed by atoms with Crippen LogP contribution in [0, 0.1) is 6.92 Å². The number of alkyl halides is 3. The van der Waals surface area contributed by atoms with Gasteiger partial charge in [0.25, 0.3) is 0 Å². The van der Waals surface area contributed by atoms with Gasteiger partial charge in [0.2, 0.25) is 5.91 Å². The van der Waals surface area contributed by atoms with Crippen molar-refractivity contribution in [3.05, 3.63) is 29.3 Å². The van der Waals surface area contributed by atoms with Crippen molar-refractivity contribution in [2.75, 3.05) is 13.2 Å². The SMILES string of the molecule is Cc1ccc(CNC(=O)CCCN)c(OCC(F)(F)F)c1.Cl. The van der Waals surface area contributed by atoms with Crippen LogP contribution in [-0.4, -0.2) is 25.2 Å². The van der Waals surface area contributed by atoms with Crippen LogP contribution in [0.15, 0.2) is 18.2 Å². The standard InChI is InChI=1S/C14H19F3N2O2.ClH/c1-10-4-5-11(8-19-13(20)3-2-6-18)12(7-10)21-9-14(15,16)17;/h4-5,7H,2-3,6,8-9,18H2,1H3,(H,19,20);1H. The summed E-state index contributed by atoms with van der Waals surface area (Å²) in [5.74, 6) is -0.0609. The Labute approximate surface area is 133 Å². The van der Waals surface area contributed by atoms with Crippen LogP contribution in [0.5, 0.6) is 5.75 Å². The molecule has 4 nitrogen and oxygen atoms in total. The maximum atomic E-state index is 12.2. The van der Waals surface area contributed by atoms with Crippen molar-refractivity contribution in [1.82, 2.24) is 5.32 Å². The molecular weight excluding hydrogens is 321 g/mol. The molecule has 8 heteroatoms. The molecule has 1 aromatic carbocycles. The first kappa shape index (κ1) is 20.5. The first-order valence-electron chi connectivity index (χ1n) is 6.57. The van der Waals surface area contributed by atoms with E-state index in [2.05, 4.69) is 5.32 Å². The number of nitrogens with one attached hydrogen (secondary N) is 1. The second-order valence-corrected chi connectivity index (χ2v) is 4.68. The van der Waals surface area contributed by atoms with E-state index in [0.29, 0.717) is 24.9 Å². The molecule has 0 spiro atoms. The Kier molecular flexibility index (Phi) is 8.89. The number of amides is 1. The highest BCUT2D eigenvalue weighted by atomic mass is 35.5. The van der Waals surface area contributed by atoms with E-state index in [0.717, 1.165) is 5.56 Å². The van der Waals surface area contributed by atoms with E-state index in [9.17, 15) is 18.0 Å². The maximum Gasteiger partial charge on any atom is 0.422 e. The summed E-state index contributed by atoms with van der Waals surface area (Å²) < 4.78 is 41.5. The first-order chi connectivity index (χ1) is 9.81. The van der Waals surface area contributed by atoms with E-state index in [-0.39, 0.29) is 30.6 Å². The lowest BCUT2D eigenvalue weighted by atomic mass is 10.1. The van der Waals surface area contributed by atoms with Crippen LogP contribution >= 0.6 is 12.4 Å². The summed E-state index contributed by atoms with van der Waals surface area (Å²) in [6, 6.07) is 4.92. The smallest absolute Gasteiger partial charge is 0.422 e. The Morgan fingerprint density at radius 2 is 2.05 bits per heavy atom. The molecule has 0 heterocycles. The van der Waals surface area contributed by atoms with Gasteiger partial charge in [0.15, 0.2) is 6.61 Å². The van der Waals surface area contributed by atoms with Crippen LogP contribution in [0.25, 0.3) is 0 Å². The highest BCUT2D eigenvalue weighted by Gasteiger charge is 2.28. The van der Waals surface area contributed by atoms with Gasteiger partial charge in [-0.25, -0.2) is 0 Å². The largest absolute Gasteiger partial charge is 0.484 e. The van der Waals surface area contributed by atoms with E-state index in [1.54, 1.807) is 19.1 Å². The fourth-order valence-corrected chi connectivity index (χ4v) is 1.65. The fraction of sp³-hybridized carbons (Fsp3) is 0.500. The minimum Gasteiger partial charge on any atom is -0.484 e. The lowest BCUT2D eigenvalue weighted by molar-refractivity contribution is -0.153. The van der Waals surface area contributed by atoms with Gasteiger partial charge in [0.05, 0.1) is 0 Å². The lowest BCUT2D eigenvalue weighted by Gasteiger charge is -2.14. The van der Waals surface area contributed by atoms with Gasteiger partial charge in [-0.1, -0.05) is 12.1 Å². The monoisotopic (exact) mass is 340 g/mol.